The Morgan fingerprint density at radius 2 is 1.79 bits per heavy atom. The number of aryl methyl sites for hydroxylation is 1. The topological polar surface area (TPSA) is 128 Å². The van der Waals surface area contributed by atoms with Gasteiger partial charge in [0.05, 0.1) is 22.2 Å². The van der Waals surface area contributed by atoms with Gasteiger partial charge in [0, 0.05) is 17.2 Å². The number of carbonyl (C=O) groups is 3. The van der Waals surface area contributed by atoms with Crippen LogP contribution < -0.4 is 19.7 Å². The molecule has 1 heterocycles. The van der Waals surface area contributed by atoms with Crippen molar-refractivity contribution in [3.05, 3.63) is 97.0 Å². The van der Waals surface area contributed by atoms with Crippen LogP contribution in [0.25, 0.3) is 6.08 Å². The van der Waals surface area contributed by atoms with E-state index in [4.69, 9.17) is 32.7 Å². The zero-order chi connectivity index (χ0) is 28.3. The second kappa shape index (κ2) is 11.5. The first-order chi connectivity index (χ1) is 18.6. The average Bonchev–Trinajstić information content (AvgIpc) is 2.88. The number of nitro groups is 1. The highest BCUT2D eigenvalue weighted by Crippen LogP contribution is 2.38. The molecule has 39 heavy (non-hydrogen) atoms. The Hall–Kier alpha value is -4.41. The maximum atomic E-state index is 13.2. The standard InChI is InChI=1S/C27H21Cl2N3O7/c1-3-38-23-12-17(11-22(29)24(23)39-14-16-5-4-6-19(9-16)32(36)37)10-20-25(33)30-27(35)31(26(20)34)18-8-7-15(2)21(28)13-18/h4-13H,3,14H2,1-2H3,(H,30,33,35)/b20-10-. The summed E-state index contributed by atoms with van der Waals surface area (Å²) in [6.45, 7) is 3.74. The van der Waals surface area contributed by atoms with Crippen LogP contribution >= 0.6 is 23.2 Å². The number of nitro benzene ring substituents is 1. The van der Waals surface area contributed by atoms with Gasteiger partial charge in [-0.15, -0.1) is 0 Å². The van der Waals surface area contributed by atoms with Crippen LogP contribution in [0.4, 0.5) is 16.2 Å². The number of non-ortho nitro benzene ring substituents is 1. The summed E-state index contributed by atoms with van der Waals surface area (Å²) in [6.07, 6.45) is 1.28. The molecule has 3 aromatic carbocycles. The minimum atomic E-state index is -0.903. The molecule has 4 amide bonds. The molecule has 0 spiro atoms. The molecule has 3 aromatic rings. The number of benzene rings is 3. The van der Waals surface area contributed by atoms with Crippen molar-refractivity contribution in [1.82, 2.24) is 5.32 Å². The van der Waals surface area contributed by atoms with E-state index in [0.717, 1.165) is 10.5 Å². The molecule has 0 bridgehead atoms. The van der Waals surface area contributed by atoms with Gasteiger partial charge in [0.1, 0.15) is 12.2 Å². The van der Waals surface area contributed by atoms with Gasteiger partial charge in [0.2, 0.25) is 0 Å². The van der Waals surface area contributed by atoms with Crippen LogP contribution in [0.15, 0.2) is 60.2 Å². The molecule has 1 N–H and O–H groups in total. The zero-order valence-corrected chi connectivity index (χ0v) is 22.2. The average molecular weight is 570 g/mol. The lowest BCUT2D eigenvalue weighted by Gasteiger charge is -2.26. The third-order valence-electron chi connectivity index (χ3n) is 5.66. The Labute approximate surface area is 232 Å². The lowest BCUT2D eigenvalue weighted by atomic mass is 10.1. The molecule has 0 saturated carbocycles. The number of ether oxygens (including phenoxy) is 2. The molecular formula is C27H21Cl2N3O7. The number of nitrogens with zero attached hydrogens (tertiary/aromatic N) is 2. The summed E-state index contributed by atoms with van der Waals surface area (Å²) in [7, 11) is 0. The molecule has 1 aliphatic heterocycles. The second-order valence-electron chi connectivity index (χ2n) is 8.37. The quantitative estimate of drug-likeness (QED) is 0.156. The largest absolute Gasteiger partial charge is 0.490 e. The van der Waals surface area contributed by atoms with E-state index < -0.39 is 22.8 Å². The minimum Gasteiger partial charge on any atom is -0.490 e. The van der Waals surface area contributed by atoms with E-state index in [1.165, 1.54) is 36.4 Å². The van der Waals surface area contributed by atoms with Gasteiger partial charge in [-0.3, -0.25) is 25.0 Å². The summed E-state index contributed by atoms with van der Waals surface area (Å²) in [5, 5.41) is 13.7. The number of rotatable bonds is 8. The maximum absolute atomic E-state index is 13.2. The summed E-state index contributed by atoms with van der Waals surface area (Å²) in [5.74, 6) is -1.31. The van der Waals surface area contributed by atoms with Crippen molar-refractivity contribution in [3.8, 4) is 11.5 Å². The molecule has 10 nitrogen and oxygen atoms in total. The summed E-state index contributed by atoms with van der Waals surface area (Å²) in [4.78, 5) is 49.7. The first-order valence-electron chi connectivity index (χ1n) is 11.6. The number of hydrogen-bond acceptors (Lipinski definition) is 7. The number of hydrogen-bond donors (Lipinski definition) is 1. The summed E-state index contributed by atoms with van der Waals surface area (Å²) in [5.41, 5.74) is 1.44. The molecule has 0 atom stereocenters. The van der Waals surface area contributed by atoms with Crippen LogP contribution in [0.1, 0.15) is 23.6 Å². The minimum absolute atomic E-state index is 0.0288. The number of carbonyl (C=O) groups excluding carboxylic acids is 3. The van der Waals surface area contributed by atoms with Gasteiger partial charge < -0.3 is 9.47 Å². The molecule has 4 rings (SSSR count). The number of amides is 4. The fourth-order valence-corrected chi connectivity index (χ4v) is 4.22. The van der Waals surface area contributed by atoms with E-state index in [2.05, 4.69) is 5.32 Å². The first-order valence-corrected chi connectivity index (χ1v) is 12.3. The number of nitrogens with one attached hydrogen (secondary N) is 1. The van der Waals surface area contributed by atoms with Crippen LogP contribution in [0.2, 0.25) is 10.0 Å². The molecule has 0 aromatic heterocycles. The summed E-state index contributed by atoms with van der Waals surface area (Å²) in [6, 6.07) is 12.7. The van der Waals surface area contributed by atoms with Gasteiger partial charge in [0.15, 0.2) is 11.5 Å². The Balaban J connectivity index is 1.65. The Kier molecular flexibility index (Phi) is 8.18. The zero-order valence-electron chi connectivity index (χ0n) is 20.7. The predicted molar refractivity (Wildman–Crippen MR) is 145 cm³/mol. The van der Waals surface area contributed by atoms with E-state index in [0.29, 0.717) is 16.1 Å². The SMILES string of the molecule is CCOc1cc(/C=C2/C(=O)NC(=O)N(c3ccc(C)c(Cl)c3)C2=O)cc(Cl)c1OCc1cccc([N+](=O)[O-])c1. The van der Waals surface area contributed by atoms with Crippen LogP contribution in [0.3, 0.4) is 0 Å². The molecule has 1 saturated heterocycles. The van der Waals surface area contributed by atoms with Crippen molar-refractivity contribution in [2.75, 3.05) is 11.5 Å². The molecule has 12 heteroatoms. The summed E-state index contributed by atoms with van der Waals surface area (Å²) >= 11 is 12.6. The van der Waals surface area contributed by atoms with Gasteiger partial charge in [-0.1, -0.05) is 41.4 Å². The third kappa shape index (κ3) is 6.02. The number of imide groups is 2. The number of halogens is 2. The van der Waals surface area contributed by atoms with Crippen LogP contribution in [-0.4, -0.2) is 29.4 Å². The van der Waals surface area contributed by atoms with Crippen LogP contribution in [0, 0.1) is 17.0 Å². The lowest BCUT2D eigenvalue weighted by molar-refractivity contribution is -0.384. The second-order valence-corrected chi connectivity index (χ2v) is 9.18. The summed E-state index contributed by atoms with van der Waals surface area (Å²) < 4.78 is 11.5. The van der Waals surface area contributed by atoms with Gasteiger partial charge in [-0.25, -0.2) is 9.69 Å². The lowest BCUT2D eigenvalue weighted by Crippen LogP contribution is -2.54. The fraction of sp³-hybridized carbons (Fsp3) is 0.148. The number of anilines is 1. The monoisotopic (exact) mass is 569 g/mol. The van der Waals surface area contributed by atoms with Gasteiger partial charge in [-0.2, -0.15) is 0 Å². The highest BCUT2D eigenvalue weighted by Gasteiger charge is 2.37. The molecule has 1 aliphatic rings. The highest BCUT2D eigenvalue weighted by molar-refractivity contribution is 6.39. The van der Waals surface area contributed by atoms with Gasteiger partial charge >= 0.3 is 6.03 Å². The Morgan fingerprint density at radius 1 is 1.03 bits per heavy atom. The Morgan fingerprint density at radius 3 is 2.49 bits per heavy atom. The van der Waals surface area contributed by atoms with Crippen molar-refractivity contribution >= 4 is 58.5 Å². The van der Waals surface area contributed by atoms with Gasteiger partial charge in [0.25, 0.3) is 17.5 Å². The highest BCUT2D eigenvalue weighted by atomic mass is 35.5. The third-order valence-corrected chi connectivity index (χ3v) is 6.35. The van der Waals surface area contributed by atoms with E-state index in [1.807, 2.05) is 0 Å². The Bertz CT molecular complexity index is 1540. The number of urea groups is 1. The van der Waals surface area contributed by atoms with Crippen molar-refractivity contribution in [2.45, 2.75) is 20.5 Å². The van der Waals surface area contributed by atoms with Crippen molar-refractivity contribution in [2.24, 2.45) is 0 Å². The molecule has 200 valence electrons. The van der Waals surface area contributed by atoms with Crippen molar-refractivity contribution in [3.63, 3.8) is 0 Å². The molecule has 1 fully saturated rings. The van der Waals surface area contributed by atoms with E-state index in [1.54, 1.807) is 38.1 Å². The van der Waals surface area contributed by atoms with Crippen molar-refractivity contribution < 1.29 is 28.8 Å². The fourth-order valence-electron chi connectivity index (χ4n) is 3.77. The van der Waals surface area contributed by atoms with E-state index >= 15 is 0 Å². The van der Waals surface area contributed by atoms with E-state index in [9.17, 15) is 24.5 Å². The van der Waals surface area contributed by atoms with Crippen molar-refractivity contribution in [1.29, 1.82) is 0 Å². The maximum Gasteiger partial charge on any atom is 0.335 e. The van der Waals surface area contributed by atoms with Crippen LogP contribution in [-0.2, 0) is 16.2 Å². The van der Waals surface area contributed by atoms with Gasteiger partial charge in [-0.05, 0) is 60.9 Å². The van der Waals surface area contributed by atoms with Crippen LogP contribution in [0.5, 0.6) is 11.5 Å². The van der Waals surface area contributed by atoms with E-state index in [-0.39, 0.29) is 46.7 Å². The molecule has 0 unspecified atom stereocenters. The molecular weight excluding hydrogens is 549 g/mol. The number of barbiturate groups is 1. The molecule has 0 radical (unpaired) electrons. The first kappa shape index (κ1) is 27.6. The predicted octanol–water partition coefficient (Wildman–Crippen LogP) is 5.85. The smallest absolute Gasteiger partial charge is 0.335 e. The normalized spacial score (nSPS) is 14.4. The molecule has 0 aliphatic carbocycles.